The number of likely N-dealkylation sites (tertiary alicyclic amines) is 1. The number of rotatable bonds is 3. The molecule has 0 spiro atoms. The molecule has 0 aromatic heterocycles. The maximum Gasteiger partial charge on any atom is 0.256 e. The fourth-order valence-corrected chi connectivity index (χ4v) is 3.09. The molecule has 6 heteroatoms. The zero-order valence-electron chi connectivity index (χ0n) is 12.9. The van der Waals surface area contributed by atoms with E-state index in [1.165, 1.54) is 24.3 Å². The van der Waals surface area contributed by atoms with E-state index in [0.29, 0.717) is 18.8 Å². The Labute approximate surface area is 144 Å². The van der Waals surface area contributed by atoms with Gasteiger partial charge in [-0.05, 0) is 49.2 Å². The Balaban J connectivity index is 1.69. The molecule has 1 heterocycles. The molecular formula is C18H17ClF2N2O. The summed E-state index contributed by atoms with van der Waals surface area (Å²) in [5.74, 6) is -1.28. The van der Waals surface area contributed by atoms with Gasteiger partial charge in [0.2, 0.25) is 0 Å². The summed E-state index contributed by atoms with van der Waals surface area (Å²) in [7, 11) is 0. The number of nitrogens with zero attached hydrogens (tertiary/aromatic N) is 1. The molecule has 24 heavy (non-hydrogen) atoms. The number of amides is 1. The van der Waals surface area contributed by atoms with Gasteiger partial charge in [0, 0.05) is 29.8 Å². The summed E-state index contributed by atoms with van der Waals surface area (Å²) in [5, 5.41) is 3.49. The Hall–Kier alpha value is -2.14. The fourth-order valence-electron chi connectivity index (χ4n) is 2.93. The first kappa shape index (κ1) is 16.7. The summed E-state index contributed by atoms with van der Waals surface area (Å²) >= 11 is 5.73. The van der Waals surface area contributed by atoms with Crippen LogP contribution in [0.5, 0.6) is 0 Å². The highest BCUT2D eigenvalue weighted by Crippen LogP contribution is 2.21. The van der Waals surface area contributed by atoms with E-state index < -0.39 is 5.82 Å². The highest BCUT2D eigenvalue weighted by molar-refractivity contribution is 6.30. The van der Waals surface area contributed by atoms with E-state index in [9.17, 15) is 13.6 Å². The van der Waals surface area contributed by atoms with Gasteiger partial charge in [0.15, 0.2) is 0 Å². The minimum Gasteiger partial charge on any atom is -0.380 e. The van der Waals surface area contributed by atoms with Crippen LogP contribution < -0.4 is 5.32 Å². The second-order valence-corrected chi connectivity index (χ2v) is 6.31. The summed E-state index contributed by atoms with van der Waals surface area (Å²) in [4.78, 5) is 14.2. The molecule has 0 saturated carbocycles. The van der Waals surface area contributed by atoms with Crippen molar-refractivity contribution in [3.05, 3.63) is 64.7 Å². The molecule has 126 valence electrons. The standard InChI is InChI=1S/C18H17ClF2N2O/c19-12-6-7-16(17(21)9-12)18(24)23-8-2-5-15(11-23)22-14-4-1-3-13(20)10-14/h1,3-4,6-7,9-10,15,22H,2,5,8,11H2/t15-/m0/s1. The molecule has 3 nitrogen and oxygen atoms in total. The SMILES string of the molecule is O=C(c1ccc(Cl)cc1F)N1CCC[C@H](Nc2cccc(F)c2)C1. The monoisotopic (exact) mass is 350 g/mol. The van der Waals surface area contributed by atoms with E-state index >= 15 is 0 Å². The Kier molecular flexibility index (Phi) is 5.00. The highest BCUT2D eigenvalue weighted by Gasteiger charge is 2.26. The number of halogens is 3. The average molecular weight is 351 g/mol. The topological polar surface area (TPSA) is 32.3 Å². The second kappa shape index (κ2) is 7.18. The average Bonchev–Trinajstić information content (AvgIpc) is 2.54. The molecular weight excluding hydrogens is 334 g/mol. The van der Waals surface area contributed by atoms with Gasteiger partial charge in [-0.25, -0.2) is 8.78 Å². The molecule has 3 rings (SSSR count). The van der Waals surface area contributed by atoms with Crippen molar-refractivity contribution >= 4 is 23.2 Å². The first-order valence-electron chi connectivity index (χ1n) is 7.79. The lowest BCUT2D eigenvalue weighted by molar-refractivity contribution is 0.0710. The predicted octanol–water partition coefficient (Wildman–Crippen LogP) is 4.33. The van der Waals surface area contributed by atoms with E-state index in [-0.39, 0.29) is 28.4 Å². The first-order valence-corrected chi connectivity index (χ1v) is 8.17. The smallest absolute Gasteiger partial charge is 0.256 e. The van der Waals surface area contributed by atoms with E-state index in [1.54, 1.807) is 17.0 Å². The molecule has 0 bridgehead atoms. The molecule has 1 amide bonds. The Morgan fingerprint density at radius 1 is 1.21 bits per heavy atom. The van der Waals surface area contributed by atoms with Gasteiger partial charge in [-0.15, -0.1) is 0 Å². The molecule has 0 aliphatic carbocycles. The van der Waals surface area contributed by atoms with Crippen molar-refractivity contribution in [3.8, 4) is 0 Å². The van der Waals surface area contributed by atoms with Crippen molar-refractivity contribution in [1.82, 2.24) is 4.90 Å². The molecule has 1 aliphatic rings. The van der Waals surface area contributed by atoms with Crippen molar-refractivity contribution in [1.29, 1.82) is 0 Å². The number of carbonyl (C=O) groups is 1. The lowest BCUT2D eigenvalue weighted by atomic mass is 10.0. The molecule has 2 aromatic carbocycles. The summed E-state index contributed by atoms with van der Waals surface area (Å²) in [5.41, 5.74) is 0.692. The zero-order valence-corrected chi connectivity index (χ0v) is 13.7. The number of anilines is 1. The molecule has 1 aliphatic heterocycles. The van der Waals surface area contributed by atoms with Crippen LogP contribution in [0.25, 0.3) is 0 Å². The molecule has 1 fully saturated rings. The fraction of sp³-hybridized carbons (Fsp3) is 0.278. The van der Waals surface area contributed by atoms with E-state index in [4.69, 9.17) is 11.6 Å². The molecule has 1 atom stereocenters. The lowest BCUT2D eigenvalue weighted by Gasteiger charge is -2.33. The summed E-state index contributed by atoms with van der Waals surface area (Å²) in [6.45, 7) is 1.01. The van der Waals surface area contributed by atoms with E-state index in [1.807, 2.05) is 0 Å². The Morgan fingerprint density at radius 2 is 2.04 bits per heavy atom. The number of hydrogen-bond donors (Lipinski definition) is 1. The quantitative estimate of drug-likeness (QED) is 0.893. The van der Waals surface area contributed by atoms with E-state index in [2.05, 4.69) is 5.32 Å². The second-order valence-electron chi connectivity index (χ2n) is 5.87. The van der Waals surface area contributed by atoms with Crippen LogP contribution in [-0.4, -0.2) is 29.9 Å². The van der Waals surface area contributed by atoms with Gasteiger partial charge >= 0.3 is 0 Å². The van der Waals surface area contributed by atoms with Crippen LogP contribution in [-0.2, 0) is 0 Å². The van der Waals surface area contributed by atoms with Gasteiger partial charge in [0.25, 0.3) is 5.91 Å². The molecule has 2 aromatic rings. The van der Waals surface area contributed by atoms with Crippen LogP contribution in [0.2, 0.25) is 5.02 Å². The lowest BCUT2D eigenvalue weighted by Crippen LogP contribution is -2.45. The third-order valence-corrected chi connectivity index (χ3v) is 4.30. The van der Waals surface area contributed by atoms with Crippen LogP contribution in [0.15, 0.2) is 42.5 Å². The van der Waals surface area contributed by atoms with Crippen LogP contribution in [0, 0.1) is 11.6 Å². The van der Waals surface area contributed by atoms with Gasteiger partial charge in [-0.1, -0.05) is 17.7 Å². The van der Waals surface area contributed by atoms with E-state index in [0.717, 1.165) is 18.9 Å². The largest absolute Gasteiger partial charge is 0.380 e. The normalized spacial score (nSPS) is 17.6. The van der Waals surface area contributed by atoms with Crippen molar-refractivity contribution in [2.75, 3.05) is 18.4 Å². The number of hydrogen-bond acceptors (Lipinski definition) is 2. The van der Waals surface area contributed by atoms with Crippen molar-refractivity contribution in [3.63, 3.8) is 0 Å². The van der Waals surface area contributed by atoms with Gasteiger partial charge in [-0.3, -0.25) is 4.79 Å². The summed E-state index contributed by atoms with van der Waals surface area (Å²) in [6.07, 6.45) is 1.66. The third kappa shape index (κ3) is 3.85. The predicted molar refractivity (Wildman–Crippen MR) is 90.4 cm³/mol. The Bertz CT molecular complexity index is 754. The Morgan fingerprint density at radius 3 is 2.79 bits per heavy atom. The minimum absolute atomic E-state index is 0.000128. The van der Waals surface area contributed by atoms with Gasteiger partial charge < -0.3 is 10.2 Å². The van der Waals surface area contributed by atoms with Crippen molar-refractivity contribution < 1.29 is 13.6 Å². The van der Waals surface area contributed by atoms with Crippen molar-refractivity contribution in [2.45, 2.75) is 18.9 Å². The van der Waals surface area contributed by atoms with Gasteiger partial charge in [0.05, 0.1) is 5.56 Å². The van der Waals surface area contributed by atoms with Gasteiger partial charge in [0.1, 0.15) is 11.6 Å². The first-order chi connectivity index (χ1) is 11.5. The number of piperidine rings is 1. The minimum atomic E-state index is -0.618. The van der Waals surface area contributed by atoms with Crippen LogP contribution in [0.4, 0.5) is 14.5 Å². The van der Waals surface area contributed by atoms with Crippen LogP contribution >= 0.6 is 11.6 Å². The number of benzene rings is 2. The van der Waals surface area contributed by atoms with Gasteiger partial charge in [-0.2, -0.15) is 0 Å². The summed E-state index contributed by atoms with van der Waals surface area (Å²) < 4.78 is 27.2. The molecule has 1 N–H and O–H groups in total. The van der Waals surface area contributed by atoms with Crippen LogP contribution in [0.1, 0.15) is 23.2 Å². The molecule has 0 radical (unpaired) electrons. The maximum atomic E-state index is 14.0. The maximum absolute atomic E-state index is 14.0. The molecule has 0 unspecified atom stereocenters. The van der Waals surface area contributed by atoms with Crippen LogP contribution in [0.3, 0.4) is 0 Å². The molecule has 1 saturated heterocycles. The number of carbonyl (C=O) groups excluding carboxylic acids is 1. The zero-order chi connectivity index (χ0) is 17.1. The summed E-state index contributed by atoms with van der Waals surface area (Å²) in [6, 6.07) is 10.3. The third-order valence-electron chi connectivity index (χ3n) is 4.07. The highest BCUT2D eigenvalue weighted by atomic mass is 35.5. The number of nitrogens with one attached hydrogen (secondary N) is 1. The van der Waals surface area contributed by atoms with Crippen molar-refractivity contribution in [2.24, 2.45) is 0 Å².